The third kappa shape index (κ3) is 4.12. The van der Waals surface area contributed by atoms with E-state index in [9.17, 15) is 30.0 Å². The van der Waals surface area contributed by atoms with Gasteiger partial charge in [0.1, 0.15) is 28.2 Å². The van der Waals surface area contributed by atoms with Gasteiger partial charge in [-0.25, -0.2) is 9.59 Å². The Morgan fingerprint density at radius 3 is 1.95 bits per heavy atom. The van der Waals surface area contributed by atoms with E-state index in [1.54, 1.807) is 61.1 Å². The lowest BCUT2D eigenvalue weighted by molar-refractivity contribution is -0.596. The highest BCUT2D eigenvalue weighted by atomic mass is 16.4. The van der Waals surface area contributed by atoms with Crippen LogP contribution in [-0.4, -0.2) is 20.3 Å². The number of phenols is 2. The van der Waals surface area contributed by atoms with Crippen LogP contribution in [0.15, 0.2) is 122 Å². The van der Waals surface area contributed by atoms with Crippen LogP contribution in [0.25, 0.3) is 61.1 Å². The Bertz CT molecular complexity index is 2360. The molecule has 4 heterocycles. The van der Waals surface area contributed by atoms with E-state index in [2.05, 4.69) is 4.98 Å². The summed E-state index contributed by atoms with van der Waals surface area (Å²) < 4.78 is 12.3. The summed E-state index contributed by atoms with van der Waals surface area (Å²) in [5, 5.41) is 48.4. The first kappa shape index (κ1) is 26.5. The van der Waals surface area contributed by atoms with Gasteiger partial charge in [0.15, 0.2) is 18.1 Å². The number of rotatable bonds is 4. The van der Waals surface area contributed by atoms with Gasteiger partial charge < -0.3 is 29.3 Å². The molecular formula is C34H20N2O8. The molecule has 4 aromatic heterocycles. The van der Waals surface area contributed by atoms with E-state index in [0.29, 0.717) is 5.69 Å². The number of aromatic nitrogens is 2. The van der Waals surface area contributed by atoms with Crippen LogP contribution in [-0.2, 0) is 0 Å². The van der Waals surface area contributed by atoms with Crippen LogP contribution in [0, 0.1) is 0 Å². The van der Waals surface area contributed by atoms with Gasteiger partial charge in [-0.05, 0) is 30.3 Å². The van der Waals surface area contributed by atoms with Crippen molar-refractivity contribution in [3.8, 4) is 62.2 Å². The van der Waals surface area contributed by atoms with Gasteiger partial charge in [0, 0.05) is 34.8 Å². The first-order chi connectivity index (χ1) is 21.3. The van der Waals surface area contributed by atoms with E-state index in [1.807, 2.05) is 12.1 Å². The molecule has 10 heteroatoms. The summed E-state index contributed by atoms with van der Waals surface area (Å²) in [6, 6.07) is 22.3. The maximum Gasteiger partial charge on any atom is 0.348 e. The molecule has 0 bridgehead atoms. The minimum atomic E-state index is -1.12. The van der Waals surface area contributed by atoms with Crippen LogP contribution in [0.1, 0.15) is 0 Å². The zero-order chi connectivity index (χ0) is 30.5. The topological polar surface area (TPSA) is 161 Å². The van der Waals surface area contributed by atoms with E-state index in [0.717, 1.165) is 11.6 Å². The van der Waals surface area contributed by atoms with Crippen molar-refractivity contribution in [1.82, 2.24) is 4.98 Å². The van der Waals surface area contributed by atoms with Crippen molar-refractivity contribution in [2.75, 3.05) is 0 Å². The van der Waals surface area contributed by atoms with Gasteiger partial charge in [0.05, 0.1) is 28.3 Å². The van der Waals surface area contributed by atoms with Gasteiger partial charge in [-0.3, -0.25) is 4.98 Å². The Morgan fingerprint density at radius 1 is 0.659 bits per heavy atom. The van der Waals surface area contributed by atoms with Gasteiger partial charge >= 0.3 is 11.3 Å². The van der Waals surface area contributed by atoms with Crippen LogP contribution in [0.3, 0.4) is 0 Å². The van der Waals surface area contributed by atoms with Gasteiger partial charge in [0.2, 0.25) is 0 Å². The molecule has 214 valence electrons. The fraction of sp³-hybridized carbons (Fsp3) is 0. The normalized spacial score (nSPS) is 11.3. The van der Waals surface area contributed by atoms with Crippen molar-refractivity contribution in [1.29, 1.82) is 0 Å². The standard InChI is InChI=1S/C34H20N2O8/c37-23-17-22(36-15-12-18(13-16-36)21-9-5-6-14-35-21)32(40)27(29-31(39)20-8-2-4-11-25(20)44-34(29)42)26(23)28-30(38)19-7-1-3-10-24(19)43-33(28)41/h1-17,35H,(H2,37,38,39,40,41,42). The zero-order valence-corrected chi connectivity index (χ0v) is 22.6. The Balaban J connectivity index is 1.56. The third-order valence-electron chi connectivity index (χ3n) is 7.38. The molecule has 0 amide bonds. The van der Waals surface area contributed by atoms with Crippen molar-refractivity contribution in [2.45, 2.75) is 0 Å². The van der Waals surface area contributed by atoms with Crippen LogP contribution in [0.2, 0.25) is 0 Å². The summed E-state index contributed by atoms with van der Waals surface area (Å²) in [5.41, 5.74) is -2.87. The molecule has 0 spiro atoms. The smallest absolute Gasteiger partial charge is 0.348 e. The number of fused-ring (bicyclic) bond motifs is 2. The maximum atomic E-state index is 13.7. The highest BCUT2D eigenvalue weighted by molar-refractivity contribution is 6.02. The van der Waals surface area contributed by atoms with Crippen LogP contribution >= 0.6 is 0 Å². The molecule has 0 atom stereocenters. The number of para-hydroxylation sites is 2. The Kier molecular flexibility index (Phi) is 6.10. The Labute approximate surface area is 247 Å². The van der Waals surface area contributed by atoms with Crippen molar-refractivity contribution >= 4 is 21.9 Å². The van der Waals surface area contributed by atoms with Gasteiger partial charge in [-0.15, -0.1) is 0 Å². The lowest BCUT2D eigenvalue weighted by Crippen LogP contribution is -2.29. The second-order valence-electron chi connectivity index (χ2n) is 9.92. The summed E-state index contributed by atoms with van der Waals surface area (Å²) in [7, 11) is 0. The molecule has 0 fully saturated rings. The predicted molar refractivity (Wildman–Crippen MR) is 159 cm³/mol. The molecule has 0 aliphatic carbocycles. The summed E-state index contributed by atoms with van der Waals surface area (Å²) in [6.45, 7) is 0. The monoisotopic (exact) mass is 584 g/mol. The molecule has 3 N–H and O–H groups in total. The highest BCUT2D eigenvalue weighted by Gasteiger charge is 2.32. The molecule has 0 radical (unpaired) electrons. The first-order valence-corrected chi connectivity index (χ1v) is 13.3. The molecule has 7 aromatic rings. The quantitative estimate of drug-likeness (QED) is 0.150. The van der Waals surface area contributed by atoms with Gasteiger partial charge in [0.25, 0.3) is 5.69 Å². The molecule has 44 heavy (non-hydrogen) atoms. The number of benzene rings is 3. The predicted octanol–water partition coefficient (Wildman–Crippen LogP) is 4.76. The van der Waals surface area contributed by atoms with E-state index in [1.165, 1.54) is 28.8 Å². The minimum Gasteiger partial charge on any atom is -0.871 e. The second-order valence-corrected chi connectivity index (χ2v) is 9.92. The minimum absolute atomic E-state index is 0.0183. The number of aromatic hydroxyl groups is 3. The van der Waals surface area contributed by atoms with Crippen molar-refractivity contribution in [3.05, 3.63) is 124 Å². The van der Waals surface area contributed by atoms with Crippen LogP contribution in [0.4, 0.5) is 0 Å². The summed E-state index contributed by atoms with van der Waals surface area (Å²) in [4.78, 5) is 31.0. The van der Waals surface area contributed by atoms with E-state index in [-0.39, 0.29) is 27.6 Å². The first-order valence-electron chi connectivity index (χ1n) is 13.3. The molecule has 0 saturated carbocycles. The Morgan fingerprint density at radius 2 is 1.27 bits per heavy atom. The molecule has 7 rings (SSSR count). The average Bonchev–Trinajstić information content (AvgIpc) is 3.04. The van der Waals surface area contributed by atoms with Gasteiger partial charge in [-0.1, -0.05) is 42.1 Å². The molecule has 0 saturated heterocycles. The Hall–Kier alpha value is -6.42. The highest BCUT2D eigenvalue weighted by Crippen LogP contribution is 2.50. The summed E-state index contributed by atoms with van der Waals surface area (Å²) in [6.07, 6.45) is 4.84. The molecule has 0 aliphatic rings. The molecule has 0 aliphatic heterocycles. The SMILES string of the molecule is O=c1oc2ccccc2c([O-])c1-c1c(O)cc(-[n+]2ccc(-c3ccccn3)cc2)c(O)c1-c1c(O)c2ccccc2oc1=O. The summed E-state index contributed by atoms with van der Waals surface area (Å²) in [5.74, 6) is -2.66. The van der Waals surface area contributed by atoms with Crippen molar-refractivity contribution in [2.24, 2.45) is 0 Å². The molecule has 3 aromatic carbocycles. The number of nitrogens with zero attached hydrogens (tertiary/aromatic N) is 2. The van der Waals surface area contributed by atoms with Gasteiger partial charge in [-0.2, -0.15) is 4.57 Å². The van der Waals surface area contributed by atoms with Crippen LogP contribution < -0.4 is 20.9 Å². The zero-order valence-electron chi connectivity index (χ0n) is 22.6. The van der Waals surface area contributed by atoms with E-state index >= 15 is 0 Å². The number of pyridine rings is 2. The lowest BCUT2D eigenvalue weighted by atomic mass is 9.91. The maximum absolute atomic E-state index is 13.7. The third-order valence-corrected chi connectivity index (χ3v) is 7.38. The largest absolute Gasteiger partial charge is 0.871 e. The van der Waals surface area contributed by atoms with Crippen molar-refractivity contribution in [3.63, 3.8) is 0 Å². The average molecular weight is 585 g/mol. The number of hydrogen-bond donors (Lipinski definition) is 3. The van der Waals surface area contributed by atoms with Crippen molar-refractivity contribution < 1.29 is 33.8 Å². The van der Waals surface area contributed by atoms with E-state index < -0.39 is 56.5 Å². The molecule has 0 unspecified atom stereocenters. The number of phenolic OH excluding ortho intramolecular Hbond substituents is 2. The second kappa shape index (κ2) is 10.1. The molecule has 10 nitrogen and oxygen atoms in total. The summed E-state index contributed by atoms with van der Waals surface area (Å²) >= 11 is 0. The lowest BCUT2D eigenvalue weighted by Gasteiger charge is -2.20. The fourth-order valence-electron chi connectivity index (χ4n) is 5.32. The van der Waals surface area contributed by atoms with Crippen LogP contribution in [0.5, 0.6) is 23.0 Å². The van der Waals surface area contributed by atoms with E-state index in [4.69, 9.17) is 8.83 Å². The fourth-order valence-corrected chi connectivity index (χ4v) is 5.32. The number of hydrogen-bond acceptors (Lipinski definition) is 9. The molecular weight excluding hydrogens is 564 g/mol.